The van der Waals surface area contributed by atoms with Gasteiger partial charge in [0.25, 0.3) is 0 Å². The first-order valence-electron chi connectivity index (χ1n) is 6.88. The molecule has 3 rings (SSSR count). The quantitative estimate of drug-likeness (QED) is 0.467. The maximum absolute atomic E-state index is 9.83. The van der Waals surface area contributed by atoms with E-state index in [0.717, 1.165) is 35.1 Å². The summed E-state index contributed by atoms with van der Waals surface area (Å²) in [5.41, 5.74) is 2.74. The molecule has 1 heterocycles. The molecule has 23 heavy (non-hydrogen) atoms. The van der Waals surface area contributed by atoms with Crippen LogP contribution in [0, 0.1) is 7.14 Å². The van der Waals surface area contributed by atoms with E-state index in [4.69, 9.17) is 4.74 Å². The number of pyridine rings is 1. The molecule has 0 aliphatic heterocycles. The maximum atomic E-state index is 9.83. The third kappa shape index (κ3) is 3.60. The third-order valence-corrected chi connectivity index (χ3v) is 5.06. The van der Waals surface area contributed by atoms with Crippen molar-refractivity contribution < 1.29 is 9.84 Å². The van der Waals surface area contributed by atoms with E-state index < -0.39 is 0 Å². The van der Waals surface area contributed by atoms with E-state index in [-0.39, 0.29) is 0 Å². The fraction of sp³-hybridized carbons (Fsp3) is 0.0556. The number of fused-ring (bicyclic) bond motifs is 1. The van der Waals surface area contributed by atoms with Crippen molar-refractivity contribution in [3.05, 3.63) is 60.9 Å². The van der Waals surface area contributed by atoms with E-state index in [1.165, 1.54) is 0 Å². The largest absolute Gasteiger partial charge is 0.506 e. The third-order valence-electron chi connectivity index (χ3n) is 3.41. The molecule has 2 aromatic carbocycles. The Morgan fingerprint density at radius 3 is 2.48 bits per heavy atom. The number of para-hydroxylation sites is 1. The number of methoxy groups -OCH3 is 1. The number of halogens is 2. The van der Waals surface area contributed by atoms with Crippen LogP contribution in [0.2, 0.25) is 0 Å². The van der Waals surface area contributed by atoms with Crippen molar-refractivity contribution in [2.45, 2.75) is 0 Å². The van der Waals surface area contributed by atoms with Crippen molar-refractivity contribution in [1.82, 2.24) is 4.98 Å². The first-order valence-corrected chi connectivity index (χ1v) is 9.04. The molecule has 1 N–H and O–H groups in total. The molecule has 0 bridgehead atoms. The maximum Gasteiger partial charge on any atom is 0.145 e. The lowest BCUT2D eigenvalue weighted by Crippen LogP contribution is -1.89. The summed E-state index contributed by atoms with van der Waals surface area (Å²) in [7, 11) is 1.65. The van der Waals surface area contributed by atoms with E-state index in [1.54, 1.807) is 7.11 Å². The van der Waals surface area contributed by atoms with Gasteiger partial charge < -0.3 is 9.84 Å². The van der Waals surface area contributed by atoms with Crippen LogP contribution in [0.3, 0.4) is 0 Å². The van der Waals surface area contributed by atoms with Crippen molar-refractivity contribution in [1.29, 1.82) is 0 Å². The van der Waals surface area contributed by atoms with Crippen LogP contribution < -0.4 is 4.74 Å². The van der Waals surface area contributed by atoms with Crippen LogP contribution in [-0.4, -0.2) is 17.2 Å². The molecule has 0 spiro atoms. The normalized spacial score (nSPS) is 11.3. The van der Waals surface area contributed by atoms with Crippen LogP contribution >= 0.6 is 45.2 Å². The summed E-state index contributed by atoms with van der Waals surface area (Å²) in [5.74, 6) is 1.10. The van der Waals surface area contributed by atoms with Crippen LogP contribution in [0.15, 0.2) is 42.5 Å². The lowest BCUT2D eigenvalue weighted by Gasteiger charge is -2.05. The Kier molecular flexibility index (Phi) is 5.05. The highest BCUT2D eigenvalue weighted by molar-refractivity contribution is 14.1. The van der Waals surface area contributed by atoms with Crippen LogP contribution in [0.25, 0.3) is 23.1 Å². The van der Waals surface area contributed by atoms with Gasteiger partial charge >= 0.3 is 0 Å². The van der Waals surface area contributed by atoms with Crippen molar-refractivity contribution in [3.8, 4) is 11.5 Å². The van der Waals surface area contributed by atoms with Gasteiger partial charge in [-0.3, -0.25) is 0 Å². The molecule has 1 aromatic heterocycles. The minimum absolute atomic E-state index is 0.330. The number of benzene rings is 2. The summed E-state index contributed by atoms with van der Waals surface area (Å²) in [4.78, 5) is 4.66. The number of aromatic hydroxyl groups is 1. The van der Waals surface area contributed by atoms with Gasteiger partial charge in [0, 0.05) is 5.39 Å². The Morgan fingerprint density at radius 2 is 1.78 bits per heavy atom. The average Bonchev–Trinajstić information content (AvgIpc) is 2.57. The highest BCUT2D eigenvalue weighted by Crippen LogP contribution is 2.28. The summed E-state index contributed by atoms with van der Waals surface area (Å²) in [6, 6.07) is 13.8. The first-order chi connectivity index (χ1) is 11.1. The number of aromatic nitrogens is 1. The van der Waals surface area contributed by atoms with Crippen molar-refractivity contribution in [2.75, 3.05) is 7.11 Å². The minimum Gasteiger partial charge on any atom is -0.506 e. The summed E-state index contributed by atoms with van der Waals surface area (Å²) >= 11 is 4.26. The molecule has 0 radical (unpaired) electrons. The van der Waals surface area contributed by atoms with E-state index in [9.17, 15) is 5.11 Å². The van der Waals surface area contributed by atoms with Crippen LogP contribution in [0.1, 0.15) is 11.3 Å². The van der Waals surface area contributed by atoms with Crippen molar-refractivity contribution in [2.24, 2.45) is 0 Å². The molecule has 0 saturated heterocycles. The number of ether oxygens (including phenoxy) is 1. The zero-order valence-electron chi connectivity index (χ0n) is 12.3. The SMILES string of the molecule is COc1cccc2ccc(/C=C/c3cc(I)c(O)c(I)c3)nc12. The van der Waals surface area contributed by atoms with E-state index in [0.29, 0.717) is 5.75 Å². The zero-order valence-corrected chi connectivity index (χ0v) is 16.6. The van der Waals surface area contributed by atoms with Crippen molar-refractivity contribution in [3.63, 3.8) is 0 Å². The molecule has 0 fully saturated rings. The molecule has 5 heteroatoms. The van der Waals surface area contributed by atoms with Gasteiger partial charge in [-0.15, -0.1) is 0 Å². The summed E-state index contributed by atoms with van der Waals surface area (Å²) in [5, 5.41) is 10.9. The van der Waals surface area contributed by atoms with E-state index in [2.05, 4.69) is 50.2 Å². The standard InChI is InChI=1S/C18H13I2NO2/c1-23-16-4-2-3-12-6-8-13(21-17(12)16)7-5-11-9-14(19)18(22)15(20)10-11/h2-10,22H,1H3/b7-5+. The second kappa shape index (κ2) is 7.04. The molecule has 3 nitrogen and oxygen atoms in total. The van der Waals surface area contributed by atoms with Gasteiger partial charge in [0.05, 0.1) is 19.9 Å². The molecule has 0 saturated carbocycles. The highest BCUT2D eigenvalue weighted by atomic mass is 127. The van der Waals surface area contributed by atoms with E-state index in [1.807, 2.05) is 54.6 Å². The van der Waals surface area contributed by atoms with Gasteiger partial charge in [-0.2, -0.15) is 0 Å². The zero-order chi connectivity index (χ0) is 16.4. The second-order valence-corrected chi connectivity index (χ2v) is 7.26. The van der Waals surface area contributed by atoms with Gasteiger partial charge in [0.15, 0.2) is 0 Å². The Morgan fingerprint density at radius 1 is 1.04 bits per heavy atom. The van der Waals surface area contributed by atoms with Gasteiger partial charge in [-0.1, -0.05) is 24.3 Å². The topological polar surface area (TPSA) is 42.4 Å². The van der Waals surface area contributed by atoms with Crippen LogP contribution in [-0.2, 0) is 0 Å². The number of nitrogens with zero attached hydrogens (tertiary/aromatic N) is 1. The number of phenolic OH excluding ortho intramolecular Hbond substituents is 1. The van der Waals surface area contributed by atoms with Gasteiger partial charge in [0.1, 0.15) is 17.0 Å². The Hall–Kier alpha value is -1.35. The van der Waals surface area contributed by atoms with Crippen molar-refractivity contribution >= 4 is 68.2 Å². The second-order valence-electron chi connectivity index (χ2n) is 4.93. The Labute approximate surface area is 161 Å². The molecular weight excluding hydrogens is 516 g/mol. The fourth-order valence-corrected chi connectivity index (χ4v) is 4.07. The molecule has 0 atom stereocenters. The Balaban J connectivity index is 1.98. The molecule has 3 aromatic rings. The predicted molar refractivity (Wildman–Crippen MR) is 111 cm³/mol. The predicted octanol–water partition coefficient (Wildman–Crippen LogP) is 5.33. The first kappa shape index (κ1) is 16.5. The van der Waals surface area contributed by atoms with Gasteiger partial charge in [-0.25, -0.2) is 4.98 Å². The lowest BCUT2D eigenvalue weighted by molar-refractivity contribution is 0.419. The number of hydrogen-bond donors (Lipinski definition) is 1. The van der Waals surface area contributed by atoms with E-state index >= 15 is 0 Å². The molecule has 116 valence electrons. The molecule has 0 unspecified atom stereocenters. The van der Waals surface area contributed by atoms with Crippen LogP contribution in [0.4, 0.5) is 0 Å². The molecule has 0 aliphatic carbocycles. The summed E-state index contributed by atoms with van der Waals surface area (Å²) in [6.07, 6.45) is 3.96. The average molecular weight is 529 g/mol. The summed E-state index contributed by atoms with van der Waals surface area (Å²) < 4.78 is 7.04. The van der Waals surface area contributed by atoms with Gasteiger partial charge in [0.2, 0.25) is 0 Å². The smallest absolute Gasteiger partial charge is 0.145 e. The van der Waals surface area contributed by atoms with Crippen LogP contribution in [0.5, 0.6) is 11.5 Å². The lowest BCUT2D eigenvalue weighted by atomic mass is 10.1. The monoisotopic (exact) mass is 529 g/mol. The minimum atomic E-state index is 0.330. The molecular formula is C18H13I2NO2. The number of rotatable bonds is 3. The number of hydrogen-bond acceptors (Lipinski definition) is 3. The molecule has 0 amide bonds. The summed E-state index contributed by atoms with van der Waals surface area (Å²) in [6.45, 7) is 0. The molecule has 0 aliphatic rings. The number of phenols is 1. The Bertz CT molecular complexity index is 884. The highest BCUT2D eigenvalue weighted by Gasteiger charge is 2.05. The fourth-order valence-electron chi connectivity index (χ4n) is 2.26. The van der Waals surface area contributed by atoms with Gasteiger partial charge in [-0.05, 0) is 81.1 Å².